The summed E-state index contributed by atoms with van der Waals surface area (Å²) >= 11 is 6.78. The van der Waals surface area contributed by atoms with Crippen molar-refractivity contribution >= 4 is 29.3 Å². The van der Waals surface area contributed by atoms with Crippen LogP contribution >= 0.6 is 23.5 Å². The number of nitrogens with zero attached hydrogens (tertiary/aromatic N) is 1. The molecule has 0 N–H and O–H groups in total. The third-order valence-electron chi connectivity index (χ3n) is 0.526. The van der Waals surface area contributed by atoms with Crippen LogP contribution in [0, 0.1) is 0 Å². The van der Waals surface area contributed by atoms with Crippen LogP contribution in [0.3, 0.4) is 0 Å². The lowest BCUT2D eigenvalue weighted by Gasteiger charge is -1.90. The predicted molar refractivity (Wildman–Crippen MR) is 46.0 cm³/mol. The Morgan fingerprint density at radius 1 is 1.44 bits per heavy atom. The minimum atomic E-state index is 1.01. The molecular formula is C6H10ClNS. The van der Waals surface area contributed by atoms with E-state index in [1.54, 1.807) is 0 Å². The topological polar surface area (TPSA) is 12.4 Å². The van der Waals surface area contributed by atoms with Crippen molar-refractivity contribution in [2.24, 2.45) is 4.40 Å². The molecule has 0 saturated heterocycles. The summed E-state index contributed by atoms with van der Waals surface area (Å²) in [6.45, 7) is 5.83. The second-order valence-corrected chi connectivity index (χ2v) is 3.08. The van der Waals surface area contributed by atoms with Crippen molar-refractivity contribution in [3.8, 4) is 0 Å². The van der Waals surface area contributed by atoms with Crippen molar-refractivity contribution in [3.63, 3.8) is 0 Å². The molecule has 0 heterocycles. The van der Waals surface area contributed by atoms with Gasteiger partial charge in [-0.2, -0.15) is 0 Å². The summed E-state index contributed by atoms with van der Waals surface area (Å²) in [7, 11) is 0. The molecule has 0 aliphatic carbocycles. The molecule has 0 radical (unpaired) electrons. The first-order valence-corrected chi connectivity index (χ1v) is 3.83. The van der Waals surface area contributed by atoms with Crippen LogP contribution in [0.1, 0.15) is 20.8 Å². The third-order valence-corrected chi connectivity index (χ3v) is 1.84. The van der Waals surface area contributed by atoms with Gasteiger partial charge in [0.25, 0.3) is 0 Å². The highest BCUT2D eigenvalue weighted by molar-refractivity contribution is 8.02. The Bertz CT molecular complexity index is 136. The van der Waals surface area contributed by atoms with Gasteiger partial charge >= 0.3 is 0 Å². The lowest BCUT2D eigenvalue weighted by Crippen LogP contribution is -1.74. The van der Waals surface area contributed by atoms with E-state index < -0.39 is 0 Å². The van der Waals surface area contributed by atoms with Crippen LogP contribution < -0.4 is 0 Å². The van der Waals surface area contributed by atoms with E-state index in [1.807, 2.05) is 20.8 Å². The van der Waals surface area contributed by atoms with Gasteiger partial charge in [0.05, 0.1) is 0 Å². The monoisotopic (exact) mass is 163 g/mol. The molecule has 0 fully saturated rings. The molecular weight excluding hydrogens is 154 g/mol. The van der Waals surface area contributed by atoms with Gasteiger partial charge in [-0.15, -0.1) is 0 Å². The summed E-state index contributed by atoms with van der Waals surface area (Å²) in [5.41, 5.74) is 2.58. The molecule has 0 bridgehead atoms. The fraction of sp³-hybridized carbons (Fsp3) is 0.500. The van der Waals surface area contributed by atoms with Gasteiger partial charge in [-0.25, -0.2) is 4.40 Å². The van der Waals surface area contributed by atoms with Crippen molar-refractivity contribution in [2.45, 2.75) is 20.8 Å². The molecule has 0 spiro atoms. The maximum atomic E-state index is 5.38. The highest BCUT2D eigenvalue weighted by Gasteiger charge is 1.84. The Kier molecular flexibility index (Phi) is 4.91. The minimum Gasteiger partial charge on any atom is -0.221 e. The largest absolute Gasteiger partial charge is 0.221 e. The molecule has 9 heavy (non-hydrogen) atoms. The Morgan fingerprint density at radius 3 is 2.33 bits per heavy atom. The van der Waals surface area contributed by atoms with Gasteiger partial charge in [-0.1, -0.05) is 11.6 Å². The van der Waals surface area contributed by atoms with E-state index in [-0.39, 0.29) is 0 Å². The zero-order chi connectivity index (χ0) is 7.28. The summed E-state index contributed by atoms with van der Waals surface area (Å²) in [6, 6.07) is 0. The molecule has 0 aliphatic heterocycles. The van der Waals surface area contributed by atoms with E-state index in [0.717, 1.165) is 10.6 Å². The molecule has 0 unspecified atom stereocenters. The second kappa shape index (κ2) is 4.89. The Labute approximate surface area is 65.3 Å². The first-order chi connectivity index (χ1) is 4.16. The first kappa shape index (κ1) is 9.05. The number of rotatable bonds is 2. The molecule has 0 saturated carbocycles. The third kappa shape index (κ3) is 5.93. The molecule has 0 aromatic heterocycles. The van der Waals surface area contributed by atoms with Gasteiger partial charge in [-0.3, -0.25) is 0 Å². The van der Waals surface area contributed by atoms with Gasteiger partial charge in [0, 0.05) is 28.1 Å². The summed E-state index contributed by atoms with van der Waals surface area (Å²) in [6.07, 6.45) is 0. The fourth-order valence-electron chi connectivity index (χ4n) is 0.183. The van der Waals surface area contributed by atoms with Crippen molar-refractivity contribution in [2.75, 3.05) is 0 Å². The normalized spacial score (nSPS) is 11.3. The SMILES string of the molecule is CC(C)=NS/C(C)=C/Cl. The predicted octanol–water partition coefficient (Wildman–Crippen LogP) is 3.22. The van der Waals surface area contributed by atoms with Crippen LogP contribution in [0.5, 0.6) is 0 Å². The number of allylic oxidation sites excluding steroid dienone is 1. The highest BCUT2D eigenvalue weighted by atomic mass is 35.5. The average Bonchev–Trinajstić information content (AvgIpc) is 1.83. The van der Waals surface area contributed by atoms with E-state index in [1.165, 1.54) is 17.5 Å². The van der Waals surface area contributed by atoms with Crippen molar-refractivity contribution in [3.05, 3.63) is 10.4 Å². The Balaban J connectivity index is 3.64. The zero-order valence-electron chi connectivity index (χ0n) is 5.81. The van der Waals surface area contributed by atoms with E-state index >= 15 is 0 Å². The van der Waals surface area contributed by atoms with Crippen LogP contribution in [0.4, 0.5) is 0 Å². The standard InChI is InChI=1S/C6H10ClNS/c1-5(2)8-9-6(3)4-7/h4H,1-3H3/b6-4+. The minimum absolute atomic E-state index is 1.01. The first-order valence-electron chi connectivity index (χ1n) is 2.62. The summed E-state index contributed by atoms with van der Waals surface area (Å²) in [5, 5.41) is 0. The number of halogens is 1. The molecule has 52 valence electrons. The van der Waals surface area contributed by atoms with Crippen LogP contribution in [0.25, 0.3) is 0 Å². The summed E-state index contributed by atoms with van der Waals surface area (Å²) in [4.78, 5) is 1.01. The van der Waals surface area contributed by atoms with Crippen molar-refractivity contribution in [1.82, 2.24) is 0 Å². The molecule has 0 aliphatic rings. The molecule has 0 aromatic carbocycles. The number of hydrogen-bond donors (Lipinski definition) is 0. The molecule has 3 heteroatoms. The van der Waals surface area contributed by atoms with Crippen LogP contribution in [-0.2, 0) is 0 Å². The van der Waals surface area contributed by atoms with Gasteiger partial charge in [0.2, 0.25) is 0 Å². The van der Waals surface area contributed by atoms with E-state index in [4.69, 9.17) is 11.6 Å². The summed E-state index contributed by atoms with van der Waals surface area (Å²) < 4.78 is 4.08. The van der Waals surface area contributed by atoms with Crippen LogP contribution in [0.15, 0.2) is 14.8 Å². The molecule has 0 amide bonds. The van der Waals surface area contributed by atoms with Crippen molar-refractivity contribution < 1.29 is 0 Å². The van der Waals surface area contributed by atoms with Gasteiger partial charge < -0.3 is 0 Å². The maximum absolute atomic E-state index is 5.38. The fourth-order valence-corrected chi connectivity index (χ4v) is 0.669. The quantitative estimate of drug-likeness (QED) is 0.450. The van der Waals surface area contributed by atoms with Crippen molar-refractivity contribution in [1.29, 1.82) is 0 Å². The highest BCUT2D eigenvalue weighted by Crippen LogP contribution is 2.16. The van der Waals surface area contributed by atoms with Gasteiger partial charge in [-0.05, 0) is 20.8 Å². The van der Waals surface area contributed by atoms with Gasteiger partial charge in [0.1, 0.15) is 0 Å². The van der Waals surface area contributed by atoms with Gasteiger partial charge in [0.15, 0.2) is 0 Å². The van der Waals surface area contributed by atoms with E-state index in [0.29, 0.717) is 0 Å². The molecule has 0 rings (SSSR count). The van der Waals surface area contributed by atoms with E-state index in [9.17, 15) is 0 Å². The number of hydrogen-bond acceptors (Lipinski definition) is 2. The average molecular weight is 164 g/mol. The van der Waals surface area contributed by atoms with Crippen LogP contribution in [-0.4, -0.2) is 5.71 Å². The maximum Gasteiger partial charge on any atom is 0.0204 e. The lowest BCUT2D eigenvalue weighted by atomic mass is 10.5. The van der Waals surface area contributed by atoms with E-state index in [2.05, 4.69) is 4.40 Å². The molecule has 1 nitrogen and oxygen atoms in total. The zero-order valence-corrected chi connectivity index (χ0v) is 7.38. The van der Waals surface area contributed by atoms with Crippen LogP contribution in [0.2, 0.25) is 0 Å². The summed E-state index contributed by atoms with van der Waals surface area (Å²) in [5.74, 6) is 0. The second-order valence-electron chi connectivity index (χ2n) is 1.85. The molecule has 0 atom stereocenters. The smallest absolute Gasteiger partial charge is 0.0204 e. The molecule has 0 aromatic rings. The lowest BCUT2D eigenvalue weighted by molar-refractivity contribution is 1.65. The Morgan fingerprint density at radius 2 is 2.00 bits per heavy atom. The Hall–Kier alpha value is 0.0500.